The van der Waals surface area contributed by atoms with Crippen molar-refractivity contribution in [3.8, 4) is 17.5 Å². The normalized spacial score (nSPS) is 10.3. The Kier molecular flexibility index (Phi) is 3.76. The standard InChI is InChI=1S/C15H16N4/c1-11(2)12-4-6-13(7-5-12)14-8-9-15(18-17-14)19(3)10-16/h4-9,11H,1-3H3. The van der Waals surface area contributed by atoms with E-state index in [0.29, 0.717) is 11.7 Å². The van der Waals surface area contributed by atoms with E-state index < -0.39 is 0 Å². The summed E-state index contributed by atoms with van der Waals surface area (Å²) in [6.07, 6.45) is 1.99. The molecule has 0 fully saturated rings. The van der Waals surface area contributed by atoms with Crippen LogP contribution in [0.1, 0.15) is 25.3 Å². The summed E-state index contributed by atoms with van der Waals surface area (Å²) in [6, 6.07) is 12.0. The van der Waals surface area contributed by atoms with Crippen molar-refractivity contribution in [1.82, 2.24) is 10.2 Å². The van der Waals surface area contributed by atoms with Crippen LogP contribution in [0.3, 0.4) is 0 Å². The van der Waals surface area contributed by atoms with Gasteiger partial charge in [0.25, 0.3) is 0 Å². The van der Waals surface area contributed by atoms with Crippen molar-refractivity contribution >= 4 is 5.82 Å². The summed E-state index contributed by atoms with van der Waals surface area (Å²) in [4.78, 5) is 1.37. The lowest BCUT2D eigenvalue weighted by Gasteiger charge is -2.08. The van der Waals surface area contributed by atoms with Gasteiger partial charge in [0.2, 0.25) is 0 Å². The van der Waals surface area contributed by atoms with E-state index in [4.69, 9.17) is 5.26 Å². The second kappa shape index (κ2) is 5.49. The summed E-state index contributed by atoms with van der Waals surface area (Å²) in [5.74, 6) is 1.07. The fraction of sp³-hybridized carbons (Fsp3) is 0.267. The van der Waals surface area contributed by atoms with Gasteiger partial charge in [-0.2, -0.15) is 5.26 Å². The molecule has 0 spiro atoms. The average molecular weight is 252 g/mol. The topological polar surface area (TPSA) is 52.8 Å². The summed E-state index contributed by atoms with van der Waals surface area (Å²) in [5.41, 5.74) is 3.14. The summed E-state index contributed by atoms with van der Waals surface area (Å²) < 4.78 is 0. The van der Waals surface area contributed by atoms with Crippen LogP contribution in [0, 0.1) is 11.5 Å². The second-order valence-corrected chi connectivity index (χ2v) is 4.71. The zero-order valence-corrected chi connectivity index (χ0v) is 11.3. The molecule has 2 aromatic rings. The van der Waals surface area contributed by atoms with Crippen LogP contribution in [0.2, 0.25) is 0 Å². The van der Waals surface area contributed by atoms with Crippen LogP contribution in [0.5, 0.6) is 0 Å². The van der Waals surface area contributed by atoms with Crippen molar-refractivity contribution in [2.75, 3.05) is 11.9 Å². The summed E-state index contributed by atoms with van der Waals surface area (Å²) in [7, 11) is 1.65. The monoisotopic (exact) mass is 252 g/mol. The fourth-order valence-electron chi connectivity index (χ4n) is 1.75. The van der Waals surface area contributed by atoms with Crippen LogP contribution in [0.25, 0.3) is 11.3 Å². The van der Waals surface area contributed by atoms with Gasteiger partial charge >= 0.3 is 0 Å². The molecular weight excluding hydrogens is 236 g/mol. The third kappa shape index (κ3) is 2.89. The molecule has 4 heteroatoms. The van der Waals surface area contributed by atoms with Gasteiger partial charge in [-0.3, -0.25) is 4.90 Å². The number of hydrogen-bond acceptors (Lipinski definition) is 4. The maximum absolute atomic E-state index is 8.77. The highest BCUT2D eigenvalue weighted by atomic mass is 15.2. The Morgan fingerprint density at radius 3 is 2.21 bits per heavy atom. The Bertz CT molecular complexity index is 579. The van der Waals surface area contributed by atoms with E-state index in [-0.39, 0.29) is 0 Å². The summed E-state index contributed by atoms with van der Waals surface area (Å²) >= 11 is 0. The van der Waals surface area contributed by atoms with Crippen LogP contribution >= 0.6 is 0 Å². The third-order valence-electron chi connectivity index (χ3n) is 3.02. The lowest BCUT2D eigenvalue weighted by atomic mass is 10.0. The molecule has 96 valence electrons. The molecule has 0 aliphatic heterocycles. The molecule has 1 aromatic heterocycles. The predicted molar refractivity (Wildman–Crippen MR) is 75.6 cm³/mol. The highest BCUT2D eigenvalue weighted by Crippen LogP contribution is 2.21. The lowest BCUT2D eigenvalue weighted by molar-refractivity contribution is 0.867. The van der Waals surface area contributed by atoms with Crippen molar-refractivity contribution in [3.05, 3.63) is 42.0 Å². The Labute approximate surface area is 113 Å². The molecule has 0 bridgehead atoms. The third-order valence-corrected chi connectivity index (χ3v) is 3.02. The van der Waals surface area contributed by atoms with Gasteiger partial charge in [-0.1, -0.05) is 38.1 Å². The molecular formula is C15H16N4. The molecule has 0 aliphatic carbocycles. The Balaban J connectivity index is 2.25. The van der Waals surface area contributed by atoms with E-state index in [9.17, 15) is 0 Å². The fourth-order valence-corrected chi connectivity index (χ4v) is 1.75. The molecule has 1 heterocycles. The highest BCUT2D eigenvalue weighted by molar-refractivity contribution is 5.60. The maximum atomic E-state index is 8.77. The summed E-state index contributed by atoms with van der Waals surface area (Å²) in [5, 5.41) is 17.0. The molecule has 4 nitrogen and oxygen atoms in total. The molecule has 2 rings (SSSR count). The van der Waals surface area contributed by atoms with E-state index in [1.807, 2.05) is 24.4 Å². The van der Waals surface area contributed by atoms with Crippen LogP contribution in [0.4, 0.5) is 5.82 Å². The minimum absolute atomic E-state index is 0.520. The molecule has 0 unspecified atom stereocenters. The van der Waals surface area contributed by atoms with Crippen molar-refractivity contribution in [2.24, 2.45) is 0 Å². The Morgan fingerprint density at radius 1 is 1.05 bits per heavy atom. The second-order valence-electron chi connectivity index (χ2n) is 4.71. The number of rotatable bonds is 3. The number of nitrogens with zero attached hydrogens (tertiary/aromatic N) is 4. The van der Waals surface area contributed by atoms with Crippen LogP contribution < -0.4 is 4.90 Å². The smallest absolute Gasteiger partial charge is 0.185 e. The zero-order valence-electron chi connectivity index (χ0n) is 11.3. The number of benzene rings is 1. The average Bonchev–Trinajstić information content (AvgIpc) is 2.46. The Morgan fingerprint density at radius 2 is 1.74 bits per heavy atom. The first-order chi connectivity index (χ1) is 9.11. The molecule has 0 N–H and O–H groups in total. The van der Waals surface area contributed by atoms with Crippen molar-refractivity contribution in [2.45, 2.75) is 19.8 Å². The van der Waals surface area contributed by atoms with E-state index in [1.54, 1.807) is 13.1 Å². The lowest BCUT2D eigenvalue weighted by Crippen LogP contribution is -2.10. The molecule has 0 saturated carbocycles. The van der Waals surface area contributed by atoms with Crippen LogP contribution in [0.15, 0.2) is 36.4 Å². The predicted octanol–water partition coefficient (Wildman–Crippen LogP) is 3.18. The molecule has 0 atom stereocenters. The van der Waals surface area contributed by atoms with E-state index in [2.05, 4.69) is 36.2 Å². The molecule has 19 heavy (non-hydrogen) atoms. The number of anilines is 1. The van der Waals surface area contributed by atoms with Gasteiger partial charge in [-0.15, -0.1) is 10.2 Å². The Hall–Kier alpha value is -2.41. The molecule has 1 aromatic carbocycles. The number of aromatic nitrogens is 2. The van der Waals surface area contributed by atoms with Crippen molar-refractivity contribution in [1.29, 1.82) is 5.26 Å². The van der Waals surface area contributed by atoms with Crippen LogP contribution in [-0.2, 0) is 0 Å². The van der Waals surface area contributed by atoms with Crippen molar-refractivity contribution < 1.29 is 0 Å². The minimum atomic E-state index is 0.520. The van der Waals surface area contributed by atoms with E-state index in [0.717, 1.165) is 11.3 Å². The number of hydrogen-bond donors (Lipinski definition) is 0. The van der Waals surface area contributed by atoms with Gasteiger partial charge in [0, 0.05) is 12.6 Å². The largest absolute Gasteiger partial charge is 0.265 e. The van der Waals surface area contributed by atoms with Gasteiger partial charge in [-0.25, -0.2) is 0 Å². The van der Waals surface area contributed by atoms with Gasteiger partial charge in [0.05, 0.1) is 5.69 Å². The van der Waals surface area contributed by atoms with E-state index in [1.165, 1.54) is 10.5 Å². The first kappa shape index (κ1) is 13.0. The first-order valence-electron chi connectivity index (χ1n) is 6.19. The van der Waals surface area contributed by atoms with E-state index >= 15 is 0 Å². The van der Waals surface area contributed by atoms with Gasteiger partial charge in [-0.05, 0) is 23.6 Å². The number of nitriles is 1. The van der Waals surface area contributed by atoms with Gasteiger partial charge in [0.1, 0.15) is 0 Å². The van der Waals surface area contributed by atoms with Crippen molar-refractivity contribution in [3.63, 3.8) is 0 Å². The minimum Gasteiger partial charge on any atom is -0.265 e. The van der Waals surface area contributed by atoms with Gasteiger partial charge in [0.15, 0.2) is 12.0 Å². The molecule has 0 amide bonds. The molecule has 0 saturated heterocycles. The quantitative estimate of drug-likeness (QED) is 0.622. The zero-order chi connectivity index (χ0) is 13.8. The van der Waals surface area contributed by atoms with Crippen LogP contribution in [-0.4, -0.2) is 17.2 Å². The SMILES string of the molecule is CC(C)c1ccc(-c2ccc(N(C)C#N)nn2)cc1. The highest BCUT2D eigenvalue weighted by Gasteiger charge is 2.05. The molecule has 0 aliphatic rings. The maximum Gasteiger partial charge on any atom is 0.185 e. The molecule has 0 radical (unpaired) electrons. The first-order valence-corrected chi connectivity index (χ1v) is 6.19. The summed E-state index contributed by atoms with van der Waals surface area (Å²) in [6.45, 7) is 4.34. The van der Waals surface area contributed by atoms with Gasteiger partial charge < -0.3 is 0 Å².